The molecule has 4 rings (SSSR count). The molecule has 0 aliphatic carbocycles. The molecule has 120 valence electrons. The minimum atomic E-state index is 0.218. The van der Waals surface area contributed by atoms with Gasteiger partial charge in [0.15, 0.2) is 5.76 Å². The average Bonchev–Trinajstić information content (AvgIpc) is 3.15. The normalized spacial score (nSPS) is 11.3. The summed E-state index contributed by atoms with van der Waals surface area (Å²) in [4.78, 5) is 0. The number of aryl methyl sites for hydroxylation is 3. The molecule has 0 bridgehead atoms. The van der Waals surface area contributed by atoms with Gasteiger partial charge in [-0.15, -0.1) is 0 Å². The SMILES string of the molecule is Cc1ccc(O)c(-c2cc(-c3oc4cc(C)ccc4c3C)[nH]n2)c1. The Morgan fingerprint density at radius 3 is 2.54 bits per heavy atom. The van der Waals surface area contributed by atoms with E-state index in [1.54, 1.807) is 6.07 Å². The first-order chi connectivity index (χ1) is 11.5. The van der Waals surface area contributed by atoms with Crippen molar-refractivity contribution in [3.8, 4) is 28.5 Å². The number of benzene rings is 2. The van der Waals surface area contributed by atoms with Gasteiger partial charge >= 0.3 is 0 Å². The number of hydrogen-bond acceptors (Lipinski definition) is 3. The molecule has 0 fully saturated rings. The number of phenols is 1. The standard InChI is InChI=1S/C20H18N2O2/c1-11-5-7-18(23)15(8-11)16-10-17(22-21-16)20-13(3)14-6-4-12(2)9-19(14)24-20/h4-10,23H,1-3H3,(H,21,22). The zero-order valence-electron chi connectivity index (χ0n) is 13.8. The van der Waals surface area contributed by atoms with E-state index in [0.717, 1.165) is 39.1 Å². The van der Waals surface area contributed by atoms with E-state index in [0.29, 0.717) is 11.3 Å². The first-order valence-electron chi connectivity index (χ1n) is 7.88. The Morgan fingerprint density at radius 2 is 1.71 bits per heavy atom. The van der Waals surface area contributed by atoms with Crippen LogP contribution in [-0.4, -0.2) is 15.3 Å². The number of phenolic OH excluding ortho intramolecular Hbond substituents is 1. The molecule has 0 saturated heterocycles. The highest BCUT2D eigenvalue weighted by Gasteiger charge is 2.16. The molecule has 0 atom stereocenters. The molecule has 0 radical (unpaired) electrons. The second-order valence-electron chi connectivity index (χ2n) is 6.24. The fraction of sp³-hybridized carbons (Fsp3) is 0.150. The van der Waals surface area contributed by atoms with Crippen molar-refractivity contribution in [2.45, 2.75) is 20.8 Å². The monoisotopic (exact) mass is 318 g/mol. The van der Waals surface area contributed by atoms with Crippen LogP contribution in [0.4, 0.5) is 0 Å². The molecule has 4 aromatic rings. The molecule has 0 aliphatic rings. The highest BCUT2D eigenvalue weighted by Crippen LogP contribution is 2.35. The van der Waals surface area contributed by atoms with E-state index in [-0.39, 0.29) is 5.75 Å². The van der Waals surface area contributed by atoms with Gasteiger partial charge in [0.2, 0.25) is 0 Å². The number of hydrogen-bond donors (Lipinski definition) is 2. The minimum absolute atomic E-state index is 0.218. The largest absolute Gasteiger partial charge is 0.507 e. The zero-order valence-corrected chi connectivity index (χ0v) is 13.8. The van der Waals surface area contributed by atoms with Gasteiger partial charge in [-0.2, -0.15) is 5.10 Å². The van der Waals surface area contributed by atoms with Crippen molar-refractivity contribution in [2.24, 2.45) is 0 Å². The van der Waals surface area contributed by atoms with Crippen molar-refractivity contribution in [2.75, 3.05) is 0 Å². The van der Waals surface area contributed by atoms with Gasteiger partial charge in [0.1, 0.15) is 17.0 Å². The number of furan rings is 1. The third-order valence-corrected chi connectivity index (χ3v) is 4.34. The van der Waals surface area contributed by atoms with Gasteiger partial charge < -0.3 is 9.52 Å². The summed E-state index contributed by atoms with van der Waals surface area (Å²) in [5.41, 5.74) is 6.40. The van der Waals surface area contributed by atoms with E-state index in [2.05, 4.69) is 22.3 Å². The molecular weight excluding hydrogens is 300 g/mol. The lowest BCUT2D eigenvalue weighted by molar-refractivity contribution is 0.477. The number of nitrogens with zero attached hydrogens (tertiary/aromatic N) is 1. The van der Waals surface area contributed by atoms with Gasteiger partial charge in [0.25, 0.3) is 0 Å². The first-order valence-corrected chi connectivity index (χ1v) is 7.88. The van der Waals surface area contributed by atoms with Gasteiger partial charge in [0, 0.05) is 16.5 Å². The quantitative estimate of drug-likeness (QED) is 0.539. The van der Waals surface area contributed by atoms with Crippen LogP contribution in [0.1, 0.15) is 16.7 Å². The molecule has 0 saturated carbocycles. The summed E-state index contributed by atoms with van der Waals surface area (Å²) in [6.45, 7) is 6.08. The number of aromatic hydroxyl groups is 1. The predicted molar refractivity (Wildman–Crippen MR) is 95.1 cm³/mol. The number of aromatic nitrogens is 2. The van der Waals surface area contributed by atoms with E-state index >= 15 is 0 Å². The highest BCUT2D eigenvalue weighted by molar-refractivity contribution is 5.88. The molecule has 2 heterocycles. The fourth-order valence-corrected chi connectivity index (χ4v) is 3.02. The van der Waals surface area contributed by atoms with Crippen LogP contribution < -0.4 is 0 Å². The van der Waals surface area contributed by atoms with Crippen LogP contribution in [-0.2, 0) is 0 Å². The maximum Gasteiger partial charge on any atom is 0.156 e. The van der Waals surface area contributed by atoms with Crippen molar-refractivity contribution in [1.82, 2.24) is 10.2 Å². The summed E-state index contributed by atoms with van der Waals surface area (Å²) >= 11 is 0. The topological polar surface area (TPSA) is 62.1 Å². The van der Waals surface area contributed by atoms with Gasteiger partial charge in [-0.05, 0) is 50.6 Å². The highest BCUT2D eigenvalue weighted by atomic mass is 16.3. The van der Waals surface area contributed by atoms with Crippen LogP contribution in [0.2, 0.25) is 0 Å². The maximum atomic E-state index is 10.1. The van der Waals surface area contributed by atoms with Gasteiger partial charge in [-0.1, -0.05) is 23.8 Å². The van der Waals surface area contributed by atoms with Crippen molar-refractivity contribution in [1.29, 1.82) is 0 Å². The summed E-state index contributed by atoms with van der Waals surface area (Å²) in [5.74, 6) is 0.997. The maximum absolute atomic E-state index is 10.1. The minimum Gasteiger partial charge on any atom is -0.507 e. The Labute approximate surface area is 139 Å². The van der Waals surface area contributed by atoms with Crippen molar-refractivity contribution in [3.05, 3.63) is 59.2 Å². The van der Waals surface area contributed by atoms with E-state index in [4.69, 9.17) is 4.42 Å². The van der Waals surface area contributed by atoms with Crippen LogP contribution in [0, 0.1) is 20.8 Å². The summed E-state index contributed by atoms with van der Waals surface area (Å²) < 4.78 is 6.04. The molecule has 0 aliphatic heterocycles. The number of H-pyrrole nitrogens is 1. The molecule has 4 nitrogen and oxygen atoms in total. The second kappa shape index (κ2) is 5.27. The number of aromatic amines is 1. The lowest BCUT2D eigenvalue weighted by Gasteiger charge is -2.01. The number of rotatable bonds is 2. The Kier molecular flexibility index (Phi) is 3.20. The smallest absolute Gasteiger partial charge is 0.156 e. The van der Waals surface area contributed by atoms with Crippen LogP contribution in [0.3, 0.4) is 0 Å². The van der Waals surface area contributed by atoms with Gasteiger partial charge in [-0.3, -0.25) is 5.10 Å². The van der Waals surface area contributed by atoms with Crippen LogP contribution in [0.5, 0.6) is 5.75 Å². The molecule has 0 spiro atoms. The Morgan fingerprint density at radius 1 is 0.958 bits per heavy atom. The Balaban J connectivity index is 1.83. The van der Waals surface area contributed by atoms with Crippen molar-refractivity contribution >= 4 is 11.0 Å². The Bertz CT molecular complexity index is 1060. The van der Waals surface area contributed by atoms with E-state index in [1.807, 2.05) is 45.0 Å². The van der Waals surface area contributed by atoms with Gasteiger partial charge in [-0.25, -0.2) is 0 Å². The van der Waals surface area contributed by atoms with Crippen LogP contribution in [0.15, 0.2) is 46.9 Å². The molecule has 0 amide bonds. The third kappa shape index (κ3) is 2.27. The summed E-state index contributed by atoms with van der Waals surface area (Å²) in [7, 11) is 0. The molecule has 24 heavy (non-hydrogen) atoms. The molecule has 2 aromatic carbocycles. The average molecular weight is 318 g/mol. The Hall–Kier alpha value is -3.01. The predicted octanol–water partition coefficient (Wildman–Crippen LogP) is 5.12. The van der Waals surface area contributed by atoms with Crippen molar-refractivity contribution in [3.63, 3.8) is 0 Å². The molecule has 2 aromatic heterocycles. The molecule has 2 N–H and O–H groups in total. The zero-order chi connectivity index (χ0) is 16.8. The summed E-state index contributed by atoms with van der Waals surface area (Å²) in [5, 5.41) is 18.6. The lowest BCUT2D eigenvalue weighted by atomic mass is 10.1. The van der Waals surface area contributed by atoms with E-state index < -0.39 is 0 Å². The summed E-state index contributed by atoms with van der Waals surface area (Å²) in [6, 6.07) is 13.6. The summed E-state index contributed by atoms with van der Waals surface area (Å²) in [6.07, 6.45) is 0. The van der Waals surface area contributed by atoms with E-state index in [1.165, 1.54) is 0 Å². The van der Waals surface area contributed by atoms with Gasteiger partial charge in [0.05, 0.1) is 5.69 Å². The lowest BCUT2D eigenvalue weighted by Crippen LogP contribution is -1.81. The van der Waals surface area contributed by atoms with E-state index in [9.17, 15) is 5.11 Å². The number of fused-ring (bicyclic) bond motifs is 1. The number of nitrogens with one attached hydrogen (secondary N) is 1. The first kappa shape index (κ1) is 14.6. The fourth-order valence-electron chi connectivity index (χ4n) is 3.02. The van der Waals surface area contributed by atoms with Crippen molar-refractivity contribution < 1.29 is 9.52 Å². The molecule has 4 heteroatoms. The second-order valence-corrected chi connectivity index (χ2v) is 6.24. The third-order valence-electron chi connectivity index (χ3n) is 4.34. The molecule has 0 unspecified atom stereocenters. The molecular formula is C20H18N2O2. The van der Waals surface area contributed by atoms with Crippen LogP contribution >= 0.6 is 0 Å². The van der Waals surface area contributed by atoms with Crippen LogP contribution in [0.25, 0.3) is 33.7 Å².